The number of rotatable bonds is 1. The van der Waals surface area contributed by atoms with Crippen LogP contribution in [0.5, 0.6) is 0 Å². The van der Waals surface area contributed by atoms with Crippen molar-refractivity contribution in [2.75, 3.05) is 0 Å². The van der Waals surface area contributed by atoms with Crippen molar-refractivity contribution in [2.45, 2.75) is 51.0 Å². The molecule has 4 atom stereocenters. The van der Waals surface area contributed by atoms with Crippen LogP contribution in [0.4, 0.5) is 0 Å². The Kier molecular flexibility index (Phi) is 2.13. The van der Waals surface area contributed by atoms with Crippen LogP contribution >= 0.6 is 0 Å². The van der Waals surface area contributed by atoms with Crippen molar-refractivity contribution in [2.24, 2.45) is 17.8 Å². The molecule has 3 heteroatoms. The van der Waals surface area contributed by atoms with Crippen LogP contribution in [0.1, 0.15) is 45.4 Å². The van der Waals surface area contributed by atoms with E-state index < -0.39 is 0 Å². The highest BCUT2D eigenvalue weighted by Gasteiger charge is 2.68. The molecule has 0 spiro atoms. The van der Waals surface area contributed by atoms with Gasteiger partial charge in [-0.1, -0.05) is 6.42 Å². The molecule has 0 N–H and O–H groups in total. The predicted molar refractivity (Wildman–Crippen MR) is 57.7 cm³/mol. The molecule has 3 aliphatic rings. The summed E-state index contributed by atoms with van der Waals surface area (Å²) in [5.74, 6) is 1.16. The van der Waals surface area contributed by atoms with Gasteiger partial charge in [-0.05, 0) is 31.6 Å². The van der Waals surface area contributed by atoms with Crippen LogP contribution in [0.2, 0.25) is 0 Å². The molecular formula is C13H18O3. The normalized spacial score (nSPS) is 45.6. The Bertz CT molecular complexity index is 349. The fourth-order valence-corrected chi connectivity index (χ4v) is 4.47. The van der Waals surface area contributed by atoms with Crippen LogP contribution in [0, 0.1) is 17.8 Å². The number of esters is 1. The Balaban J connectivity index is 1.92. The number of Topliss-reactive ketones (excluding diaryl/α,β-unsaturated/α-hetero) is 1. The summed E-state index contributed by atoms with van der Waals surface area (Å²) < 4.78 is 5.60. The fraction of sp³-hybridized carbons (Fsp3) is 0.846. The summed E-state index contributed by atoms with van der Waals surface area (Å²) in [4.78, 5) is 23.3. The van der Waals surface area contributed by atoms with Gasteiger partial charge >= 0.3 is 5.97 Å². The predicted octanol–water partition coefficient (Wildman–Crippen LogP) is 2.09. The highest BCUT2D eigenvalue weighted by molar-refractivity contribution is 5.85. The summed E-state index contributed by atoms with van der Waals surface area (Å²) in [5, 5.41) is 0. The molecule has 0 saturated heterocycles. The molecule has 88 valence electrons. The zero-order valence-corrected chi connectivity index (χ0v) is 9.70. The van der Waals surface area contributed by atoms with Gasteiger partial charge in [0.15, 0.2) is 0 Å². The van der Waals surface area contributed by atoms with Gasteiger partial charge in [-0.3, -0.25) is 9.59 Å². The van der Waals surface area contributed by atoms with Crippen LogP contribution in [0.15, 0.2) is 0 Å². The smallest absolute Gasteiger partial charge is 0.303 e. The molecule has 3 aliphatic carbocycles. The maximum absolute atomic E-state index is 12.0. The van der Waals surface area contributed by atoms with Crippen LogP contribution < -0.4 is 0 Å². The van der Waals surface area contributed by atoms with Crippen LogP contribution in [-0.2, 0) is 14.3 Å². The molecular weight excluding hydrogens is 204 g/mol. The fourth-order valence-electron chi connectivity index (χ4n) is 4.47. The Hall–Kier alpha value is -0.860. The second-order valence-electron chi connectivity index (χ2n) is 5.55. The minimum Gasteiger partial charge on any atom is -0.458 e. The van der Waals surface area contributed by atoms with Gasteiger partial charge in [0.25, 0.3) is 0 Å². The summed E-state index contributed by atoms with van der Waals surface area (Å²) in [6.45, 7) is 1.47. The summed E-state index contributed by atoms with van der Waals surface area (Å²) >= 11 is 0. The third kappa shape index (κ3) is 1.14. The van der Waals surface area contributed by atoms with Crippen molar-refractivity contribution >= 4 is 11.8 Å². The first-order valence-corrected chi connectivity index (χ1v) is 6.37. The Labute approximate surface area is 95.5 Å². The number of hydrogen-bond acceptors (Lipinski definition) is 3. The van der Waals surface area contributed by atoms with Crippen LogP contribution in [0.25, 0.3) is 0 Å². The van der Waals surface area contributed by atoms with E-state index in [9.17, 15) is 9.59 Å². The average molecular weight is 222 g/mol. The number of carbonyl (C=O) groups is 2. The number of ether oxygens (including phenoxy) is 1. The Morgan fingerprint density at radius 2 is 2.19 bits per heavy atom. The lowest BCUT2D eigenvalue weighted by Crippen LogP contribution is -2.66. The first-order chi connectivity index (χ1) is 7.65. The molecule has 0 bridgehead atoms. The standard InChI is InChI=1S/C13H18O3/c1-8(14)16-13-7-3-6-11(15)12(13)9-4-2-5-10(9)13/h9-10,12H,2-7H2,1H3. The van der Waals surface area contributed by atoms with Crippen molar-refractivity contribution in [1.29, 1.82) is 0 Å². The molecule has 3 fully saturated rings. The molecule has 16 heavy (non-hydrogen) atoms. The van der Waals surface area contributed by atoms with E-state index in [2.05, 4.69) is 0 Å². The van der Waals surface area contributed by atoms with Gasteiger partial charge in [-0.25, -0.2) is 0 Å². The molecule has 0 amide bonds. The van der Waals surface area contributed by atoms with E-state index in [0.717, 1.165) is 25.7 Å². The number of fused-ring (bicyclic) bond motifs is 4. The van der Waals surface area contributed by atoms with E-state index in [1.54, 1.807) is 0 Å². The lowest BCUT2D eigenvalue weighted by Gasteiger charge is -2.59. The number of ketones is 1. The summed E-state index contributed by atoms with van der Waals surface area (Å²) in [5.41, 5.74) is -0.387. The number of carbonyl (C=O) groups excluding carboxylic acids is 2. The second-order valence-corrected chi connectivity index (χ2v) is 5.55. The van der Waals surface area contributed by atoms with E-state index in [-0.39, 0.29) is 17.5 Å². The summed E-state index contributed by atoms with van der Waals surface area (Å²) in [6, 6.07) is 0. The second kappa shape index (κ2) is 3.31. The van der Waals surface area contributed by atoms with Gasteiger partial charge in [0.05, 0.1) is 5.92 Å². The third-order valence-electron chi connectivity index (χ3n) is 4.82. The van der Waals surface area contributed by atoms with Gasteiger partial charge in [0, 0.05) is 19.3 Å². The van der Waals surface area contributed by atoms with E-state index in [1.165, 1.54) is 13.3 Å². The topological polar surface area (TPSA) is 43.4 Å². The van der Waals surface area contributed by atoms with Gasteiger partial charge in [0.2, 0.25) is 0 Å². The molecule has 0 heterocycles. The highest BCUT2D eigenvalue weighted by atomic mass is 16.6. The molecule has 3 rings (SSSR count). The minimum absolute atomic E-state index is 0.0395. The molecule has 0 aromatic rings. The first kappa shape index (κ1) is 10.3. The quantitative estimate of drug-likeness (QED) is 0.638. The van der Waals surface area contributed by atoms with Crippen LogP contribution in [-0.4, -0.2) is 17.4 Å². The highest BCUT2D eigenvalue weighted by Crippen LogP contribution is 2.63. The van der Waals surface area contributed by atoms with E-state index in [0.29, 0.717) is 24.0 Å². The summed E-state index contributed by atoms with van der Waals surface area (Å²) in [7, 11) is 0. The molecule has 4 unspecified atom stereocenters. The molecule has 0 radical (unpaired) electrons. The van der Waals surface area contributed by atoms with Gasteiger partial charge in [-0.15, -0.1) is 0 Å². The average Bonchev–Trinajstić information content (AvgIpc) is 2.60. The Morgan fingerprint density at radius 3 is 2.94 bits per heavy atom. The van der Waals surface area contributed by atoms with E-state index in [1.807, 2.05) is 0 Å². The maximum Gasteiger partial charge on any atom is 0.303 e. The van der Waals surface area contributed by atoms with Gasteiger partial charge in [-0.2, -0.15) is 0 Å². The van der Waals surface area contributed by atoms with Crippen molar-refractivity contribution in [3.63, 3.8) is 0 Å². The summed E-state index contributed by atoms with van der Waals surface area (Å²) in [6.07, 6.45) is 5.99. The lowest BCUT2D eigenvalue weighted by atomic mass is 9.49. The zero-order valence-electron chi connectivity index (χ0n) is 9.70. The molecule has 3 nitrogen and oxygen atoms in total. The first-order valence-electron chi connectivity index (χ1n) is 6.37. The SMILES string of the molecule is CC(=O)OC12CCCC(=O)C1C1CCCC12. The van der Waals surface area contributed by atoms with Crippen LogP contribution in [0.3, 0.4) is 0 Å². The molecule has 0 aromatic carbocycles. The van der Waals surface area contributed by atoms with Crippen molar-refractivity contribution < 1.29 is 14.3 Å². The van der Waals surface area contributed by atoms with E-state index in [4.69, 9.17) is 4.74 Å². The monoisotopic (exact) mass is 222 g/mol. The molecule has 0 aliphatic heterocycles. The largest absolute Gasteiger partial charge is 0.458 e. The van der Waals surface area contributed by atoms with Crippen molar-refractivity contribution in [3.05, 3.63) is 0 Å². The number of hydrogen-bond donors (Lipinski definition) is 0. The van der Waals surface area contributed by atoms with Crippen molar-refractivity contribution in [3.8, 4) is 0 Å². The third-order valence-corrected chi connectivity index (χ3v) is 4.82. The van der Waals surface area contributed by atoms with Gasteiger partial charge < -0.3 is 4.74 Å². The Morgan fingerprint density at radius 1 is 1.38 bits per heavy atom. The van der Waals surface area contributed by atoms with E-state index >= 15 is 0 Å². The molecule has 0 aromatic heterocycles. The van der Waals surface area contributed by atoms with Crippen molar-refractivity contribution in [1.82, 2.24) is 0 Å². The van der Waals surface area contributed by atoms with Gasteiger partial charge in [0.1, 0.15) is 11.4 Å². The molecule has 3 saturated carbocycles. The lowest BCUT2D eigenvalue weighted by molar-refractivity contribution is -0.225. The zero-order chi connectivity index (χ0) is 11.3. The maximum atomic E-state index is 12.0. The minimum atomic E-state index is -0.387.